The van der Waals surface area contributed by atoms with Crippen molar-refractivity contribution in [2.75, 3.05) is 13.2 Å². The minimum Gasteiger partial charge on any atom is -0.374 e. The number of epoxide rings is 1. The summed E-state index contributed by atoms with van der Waals surface area (Å²) in [5.74, 6) is 0. The molecule has 0 aliphatic carbocycles. The van der Waals surface area contributed by atoms with Gasteiger partial charge in [-0.3, -0.25) is 0 Å². The zero-order valence-electron chi connectivity index (χ0n) is 14.0. The van der Waals surface area contributed by atoms with Crippen LogP contribution in [0.1, 0.15) is 11.1 Å². The molecule has 0 N–H and O–H groups in total. The first kappa shape index (κ1) is 16.7. The molecule has 5 heteroatoms. The molecular formula is C20H22O5. The highest BCUT2D eigenvalue weighted by atomic mass is 17.2. The van der Waals surface area contributed by atoms with Gasteiger partial charge in [0.05, 0.1) is 26.4 Å². The third-order valence-corrected chi connectivity index (χ3v) is 4.38. The lowest BCUT2D eigenvalue weighted by Gasteiger charge is -2.24. The zero-order chi connectivity index (χ0) is 16.9. The third-order valence-electron chi connectivity index (χ3n) is 4.38. The maximum absolute atomic E-state index is 5.71. The molecule has 25 heavy (non-hydrogen) atoms. The minimum atomic E-state index is -0.181. The molecule has 0 saturated carbocycles. The fraction of sp³-hybridized carbons (Fsp3) is 0.400. The number of rotatable bonds is 8. The van der Waals surface area contributed by atoms with Gasteiger partial charge in [0, 0.05) is 0 Å². The topological polar surface area (TPSA) is 49.5 Å². The molecule has 0 radical (unpaired) electrons. The predicted molar refractivity (Wildman–Crippen MR) is 90.6 cm³/mol. The fourth-order valence-corrected chi connectivity index (χ4v) is 2.97. The van der Waals surface area contributed by atoms with Crippen LogP contribution in [-0.2, 0) is 37.2 Å². The summed E-state index contributed by atoms with van der Waals surface area (Å²) in [4.78, 5) is 10.9. The molecule has 2 aromatic carbocycles. The summed E-state index contributed by atoms with van der Waals surface area (Å²) in [7, 11) is 0. The van der Waals surface area contributed by atoms with Crippen LogP contribution in [0.25, 0.3) is 0 Å². The van der Waals surface area contributed by atoms with E-state index in [0.29, 0.717) is 26.4 Å². The second-order valence-corrected chi connectivity index (χ2v) is 6.34. The van der Waals surface area contributed by atoms with Crippen LogP contribution in [0.3, 0.4) is 0 Å². The highest BCUT2D eigenvalue weighted by Crippen LogP contribution is 2.36. The molecule has 0 unspecified atom stereocenters. The molecule has 5 nitrogen and oxygen atoms in total. The predicted octanol–water partition coefficient (Wildman–Crippen LogP) is 2.89. The molecule has 2 aliphatic rings. The van der Waals surface area contributed by atoms with Crippen LogP contribution >= 0.6 is 0 Å². The average Bonchev–Trinajstić information content (AvgIpc) is 3.46. The van der Waals surface area contributed by atoms with Crippen molar-refractivity contribution in [3.63, 3.8) is 0 Å². The molecule has 2 fully saturated rings. The van der Waals surface area contributed by atoms with E-state index in [1.807, 2.05) is 60.7 Å². The summed E-state index contributed by atoms with van der Waals surface area (Å²) < 4.78 is 17.1. The smallest absolute Gasteiger partial charge is 0.145 e. The molecule has 2 heterocycles. The summed E-state index contributed by atoms with van der Waals surface area (Å²) in [5, 5.41) is 0. The Kier molecular flexibility index (Phi) is 5.40. The summed E-state index contributed by atoms with van der Waals surface area (Å²) in [5.41, 5.74) is 2.28. The first-order valence-corrected chi connectivity index (χ1v) is 8.61. The fourth-order valence-electron chi connectivity index (χ4n) is 2.97. The van der Waals surface area contributed by atoms with Gasteiger partial charge in [-0.25, -0.2) is 9.78 Å². The Hall–Kier alpha value is -1.76. The van der Waals surface area contributed by atoms with Gasteiger partial charge < -0.3 is 14.2 Å². The molecule has 0 amide bonds. The van der Waals surface area contributed by atoms with E-state index in [0.717, 1.165) is 11.1 Å². The van der Waals surface area contributed by atoms with E-state index in [-0.39, 0.29) is 24.4 Å². The summed E-state index contributed by atoms with van der Waals surface area (Å²) in [6.07, 6.45) is -0.289. The second-order valence-electron chi connectivity index (χ2n) is 6.34. The van der Waals surface area contributed by atoms with Crippen molar-refractivity contribution in [3.8, 4) is 0 Å². The third kappa shape index (κ3) is 4.45. The highest BCUT2D eigenvalue weighted by Gasteiger charge is 2.55. The van der Waals surface area contributed by atoms with E-state index in [4.69, 9.17) is 24.0 Å². The van der Waals surface area contributed by atoms with Crippen LogP contribution in [0.4, 0.5) is 0 Å². The van der Waals surface area contributed by atoms with E-state index in [2.05, 4.69) is 0 Å². The molecule has 0 aromatic heterocycles. The van der Waals surface area contributed by atoms with Crippen molar-refractivity contribution >= 4 is 0 Å². The number of fused-ring (bicyclic) bond motifs is 1. The van der Waals surface area contributed by atoms with Gasteiger partial charge in [-0.1, -0.05) is 60.7 Å². The van der Waals surface area contributed by atoms with Crippen molar-refractivity contribution < 1.29 is 24.0 Å². The van der Waals surface area contributed by atoms with Gasteiger partial charge in [-0.05, 0) is 11.1 Å². The monoisotopic (exact) mass is 342 g/mol. The van der Waals surface area contributed by atoms with E-state index in [1.165, 1.54) is 0 Å². The molecule has 0 spiro atoms. The van der Waals surface area contributed by atoms with Gasteiger partial charge in [-0.2, -0.15) is 0 Å². The van der Waals surface area contributed by atoms with Crippen LogP contribution < -0.4 is 0 Å². The lowest BCUT2D eigenvalue weighted by molar-refractivity contribution is -0.374. The van der Waals surface area contributed by atoms with Gasteiger partial charge in [0.25, 0.3) is 0 Å². The molecule has 4 rings (SSSR count). The van der Waals surface area contributed by atoms with E-state index in [1.54, 1.807) is 0 Å². The number of benzene rings is 2. The van der Waals surface area contributed by atoms with Gasteiger partial charge >= 0.3 is 0 Å². The Labute approximate surface area is 147 Å². The minimum absolute atomic E-state index is 0.0369. The highest BCUT2D eigenvalue weighted by molar-refractivity contribution is 5.14. The standard InChI is InChI=1S/C20H22O5/c1-3-7-15(8-4-1)11-21-13-17-19-20(23-19)18(25-24-17)14-22-12-16-9-5-2-6-10-16/h1-10,17-20H,11-14H2/t17-,18+,19+,20-. The van der Waals surface area contributed by atoms with Gasteiger partial charge in [0.2, 0.25) is 0 Å². The maximum atomic E-state index is 5.71. The quantitative estimate of drug-likeness (QED) is 0.545. The molecule has 4 atom stereocenters. The van der Waals surface area contributed by atoms with E-state index >= 15 is 0 Å². The van der Waals surface area contributed by atoms with Crippen molar-refractivity contribution in [1.82, 2.24) is 0 Å². The number of hydrogen-bond acceptors (Lipinski definition) is 5. The lowest BCUT2D eigenvalue weighted by Crippen LogP contribution is -2.40. The van der Waals surface area contributed by atoms with Crippen LogP contribution in [0, 0.1) is 0 Å². The summed E-state index contributed by atoms with van der Waals surface area (Å²) >= 11 is 0. The normalized spacial score (nSPS) is 27.7. The molecule has 132 valence electrons. The molecular weight excluding hydrogens is 320 g/mol. The van der Waals surface area contributed by atoms with Crippen LogP contribution in [0.15, 0.2) is 60.7 Å². The van der Waals surface area contributed by atoms with Gasteiger partial charge in [0.15, 0.2) is 0 Å². The van der Waals surface area contributed by atoms with Gasteiger partial charge in [-0.15, -0.1) is 0 Å². The number of ether oxygens (including phenoxy) is 3. The molecule has 2 saturated heterocycles. The summed E-state index contributed by atoms with van der Waals surface area (Å²) in [6.45, 7) is 2.02. The molecule has 0 bridgehead atoms. The van der Waals surface area contributed by atoms with Crippen molar-refractivity contribution in [3.05, 3.63) is 71.8 Å². The van der Waals surface area contributed by atoms with Crippen molar-refractivity contribution in [2.45, 2.75) is 37.6 Å². The first-order valence-electron chi connectivity index (χ1n) is 8.61. The van der Waals surface area contributed by atoms with Crippen molar-refractivity contribution in [1.29, 1.82) is 0 Å². The number of hydrogen-bond donors (Lipinski definition) is 0. The first-order chi connectivity index (χ1) is 12.4. The van der Waals surface area contributed by atoms with Crippen LogP contribution in [0.2, 0.25) is 0 Å². The van der Waals surface area contributed by atoms with Crippen molar-refractivity contribution in [2.24, 2.45) is 0 Å². The van der Waals surface area contributed by atoms with Crippen LogP contribution in [-0.4, -0.2) is 37.6 Å². The molecule has 2 aliphatic heterocycles. The summed E-state index contributed by atoms with van der Waals surface area (Å²) in [6, 6.07) is 20.1. The largest absolute Gasteiger partial charge is 0.374 e. The van der Waals surface area contributed by atoms with Gasteiger partial charge in [0.1, 0.15) is 24.4 Å². The Morgan fingerprint density at radius 1 is 0.640 bits per heavy atom. The Balaban J connectivity index is 1.16. The average molecular weight is 342 g/mol. The Morgan fingerprint density at radius 2 is 1.08 bits per heavy atom. The lowest BCUT2D eigenvalue weighted by atomic mass is 10.1. The van der Waals surface area contributed by atoms with E-state index < -0.39 is 0 Å². The van der Waals surface area contributed by atoms with E-state index in [9.17, 15) is 0 Å². The van der Waals surface area contributed by atoms with Crippen LogP contribution in [0.5, 0.6) is 0 Å². The maximum Gasteiger partial charge on any atom is 0.145 e. The SMILES string of the molecule is c1ccc(COC[C@@H]2OO[C@H](COCc3ccccc3)[C@@H]3O[C@@H]32)cc1. The Morgan fingerprint density at radius 3 is 1.52 bits per heavy atom. The second kappa shape index (κ2) is 8.08. The molecule has 2 aromatic rings. The Bertz CT molecular complexity index is 590. The zero-order valence-corrected chi connectivity index (χ0v) is 14.0.